The third-order valence-electron chi connectivity index (χ3n) is 4.22. The first kappa shape index (κ1) is 14.3. The zero-order valence-electron chi connectivity index (χ0n) is 12.6. The van der Waals surface area contributed by atoms with Crippen LogP contribution < -0.4 is 5.32 Å². The quantitative estimate of drug-likeness (QED) is 0.885. The smallest absolute Gasteiger partial charge is 0.165 e. The van der Waals surface area contributed by atoms with Gasteiger partial charge in [0.25, 0.3) is 0 Å². The average Bonchev–Trinajstić information content (AvgIpc) is 2.95. The SMILES string of the molecule is COCCn1cnc2c(NCC3CCCCC3)ncnc21. The van der Waals surface area contributed by atoms with Crippen LogP contribution in [-0.2, 0) is 11.3 Å². The van der Waals surface area contributed by atoms with Crippen LogP contribution in [0.25, 0.3) is 11.2 Å². The van der Waals surface area contributed by atoms with Gasteiger partial charge in [0.05, 0.1) is 12.9 Å². The topological polar surface area (TPSA) is 64.9 Å². The van der Waals surface area contributed by atoms with Crippen LogP contribution in [0.15, 0.2) is 12.7 Å². The van der Waals surface area contributed by atoms with E-state index < -0.39 is 0 Å². The number of rotatable bonds is 6. The van der Waals surface area contributed by atoms with Gasteiger partial charge in [0.1, 0.15) is 11.8 Å². The standard InChI is InChI=1S/C15H23N5O/c1-21-8-7-20-11-19-13-14(17-10-18-15(13)20)16-9-12-5-3-2-4-6-12/h10-12H,2-9H2,1H3,(H,16,17,18). The van der Waals surface area contributed by atoms with Crippen LogP contribution in [0, 0.1) is 5.92 Å². The van der Waals surface area contributed by atoms with Gasteiger partial charge < -0.3 is 14.6 Å². The van der Waals surface area contributed by atoms with E-state index in [0.29, 0.717) is 6.61 Å². The Morgan fingerprint density at radius 3 is 2.90 bits per heavy atom. The van der Waals surface area contributed by atoms with Crippen molar-refractivity contribution in [3.8, 4) is 0 Å². The molecule has 0 aromatic carbocycles. The number of hydrogen-bond donors (Lipinski definition) is 1. The Balaban J connectivity index is 1.71. The number of imidazole rings is 1. The number of nitrogens with zero attached hydrogens (tertiary/aromatic N) is 4. The summed E-state index contributed by atoms with van der Waals surface area (Å²) >= 11 is 0. The molecule has 1 fully saturated rings. The first-order valence-corrected chi connectivity index (χ1v) is 7.77. The molecule has 2 heterocycles. The molecule has 0 bridgehead atoms. The highest BCUT2D eigenvalue weighted by atomic mass is 16.5. The Kier molecular flexibility index (Phi) is 4.65. The molecule has 6 nitrogen and oxygen atoms in total. The molecule has 1 aliphatic rings. The lowest BCUT2D eigenvalue weighted by molar-refractivity contribution is 0.188. The first-order valence-electron chi connectivity index (χ1n) is 7.77. The molecule has 1 N–H and O–H groups in total. The number of hydrogen-bond acceptors (Lipinski definition) is 5. The van der Waals surface area contributed by atoms with Crippen molar-refractivity contribution in [3.05, 3.63) is 12.7 Å². The molecule has 1 saturated carbocycles. The maximum absolute atomic E-state index is 5.11. The van der Waals surface area contributed by atoms with Gasteiger partial charge in [-0.3, -0.25) is 0 Å². The Hall–Kier alpha value is -1.69. The van der Waals surface area contributed by atoms with E-state index in [9.17, 15) is 0 Å². The number of ether oxygens (including phenoxy) is 1. The van der Waals surface area contributed by atoms with E-state index in [1.807, 2.05) is 10.9 Å². The highest BCUT2D eigenvalue weighted by molar-refractivity contribution is 5.82. The van der Waals surface area contributed by atoms with Crippen LogP contribution in [0.1, 0.15) is 32.1 Å². The number of methoxy groups -OCH3 is 1. The number of nitrogens with one attached hydrogen (secondary N) is 1. The van der Waals surface area contributed by atoms with E-state index >= 15 is 0 Å². The third-order valence-corrected chi connectivity index (χ3v) is 4.22. The van der Waals surface area contributed by atoms with Crippen LogP contribution >= 0.6 is 0 Å². The molecule has 0 aliphatic heterocycles. The van der Waals surface area contributed by atoms with E-state index in [1.165, 1.54) is 32.1 Å². The summed E-state index contributed by atoms with van der Waals surface area (Å²) < 4.78 is 7.12. The number of fused-ring (bicyclic) bond motifs is 1. The van der Waals surface area contributed by atoms with Crippen molar-refractivity contribution < 1.29 is 4.74 Å². The van der Waals surface area contributed by atoms with E-state index in [-0.39, 0.29) is 0 Å². The van der Waals surface area contributed by atoms with Gasteiger partial charge in [-0.1, -0.05) is 19.3 Å². The molecular formula is C15H23N5O. The minimum atomic E-state index is 0.653. The Labute approximate surface area is 124 Å². The van der Waals surface area contributed by atoms with Crippen molar-refractivity contribution >= 4 is 17.0 Å². The summed E-state index contributed by atoms with van der Waals surface area (Å²) in [5.74, 6) is 1.61. The van der Waals surface area contributed by atoms with Crippen molar-refractivity contribution in [1.82, 2.24) is 19.5 Å². The molecule has 114 valence electrons. The fourth-order valence-electron chi connectivity index (χ4n) is 3.00. The molecule has 1 aliphatic carbocycles. The fourth-order valence-corrected chi connectivity index (χ4v) is 3.00. The molecule has 0 saturated heterocycles. The highest BCUT2D eigenvalue weighted by Gasteiger charge is 2.15. The van der Waals surface area contributed by atoms with Crippen LogP contribution in [0.4, 0.5) is 5.82 Å². The lowest BCUT2D eigenvalue weighted by Gasteiger charge is -2.21. The molecule has 21 heavy (non-hydrogen) atoms. The summed E-state index contributed by atoms with van der Waals surface area (Å²) in [7, 11) is 1.70. The highest BCUT2D eigenvalue weighted by Crippen LogP contribution is 2.24. The van der Waals surface area contributed by atoms with Gasteiger partial charge in [0.15, 0.2) is 11.5 Å². The van der Waals surface area contributed by atoms with Crippen LogP contribution in [-0.4, -0.2) is 39.8 Å². The average molecular weight is 289 g/mol. The maximum atomic E-state index is 5.11. The molecule has 0 unspecified atom stereocenters. The van der Waals surface area contributed by atoms with Gasteiger partial charge in [-0.2, -0.15) is 0 Å². The van der Waals surface area contributed by atoms with Crippen molar-refractivity contribution in [3.63, 3.8) is 0 Å². The monoisotopic (exact) mass is 289 g/mol. The normalized spacial score (nSPS) is 16.4. The molecule has 0 spiro atoms. The van der Waals surface area contributed by atoms with Gasteiger partial charge in [-0.15, -0.1) is 0 Å². The van der Waals surface area contributed by atoms with E-state index in [0.717, 1.165) is 36.0 Å². The van der Waals surface area contributed by atoms with Crippen molar-refractivity contribution in [2.45, 2.75) is 38.6 Å². The molecule has 2 aromatic heterocycles. The number of anilines is 1. The van der Waals surface area contributed by atoms with E-state index in [1.54, 1.807) is 13.4 Å². The van der Waals surface area contributed by atoms with E-state index in [2.05, 4.69) is 20.3 Å². The van der Waals surface area contributed by atoms with Crippen molar-refractivity contribution in [2.75, 3.05) is 25.6 Å². The van der Waals surface area contributed by atoms with Crippen molar-refractivity contribution in [1.29, 1.82) is 0 Å². The summed E-state index contributed by atoms with van der Waals surface area (Å²) in [6.07, 6.45) is 10.2. The summed E-state index contributed by atoms with van der Waals surface area (Å²) in [5.41, 5.74) is 1.72. The van der Waals surface area contributed by atoms with Crippen molar-refractivity contribution in [2.24, 2.45) is 5.92 Å². The molecule has 3 rings (SSSR count). The first-order chi connectivity index (χ1) is 10.4. The minimum absolute atomic E-state index is 0.653. The van der Waals surface area contributed by atoms with Gasteiger partial charge in [-0.25, -0.2) is 15.0 Å². The summed E-state index contributed by atoms with van der Waals surface area (Å²) in [6, 6.07) is 0. The van der Waals surface area contributed by atoms with Gasteiger partial charge in [0, 0.05) is 20.2 Å². The summed E-state index contributed by atoms with van der Waals surface area (Å²) in [6.45, 7) is 2.39. The predicted octanol–water partition coefficient (Wildman–Crippen LogP) is 2.46. The zero-order chi connectivity index (χ0) is 14.5. The summed E-state index contributed by atoms with van der Waals surface area (Å²) in [5, 5.41) is 3.47. The molecule has 0 atom stereocenters. The predicted molar refractivity (Wildman–Crippen MR) is 82.3 cm³/mol. The molecule has 0 radical (unpaired) electrons. The van der Waals surface area contributed by atoms with Gasteiger partial charge in [-0.05, 0) is 18.8 Å². The Bertz CT molecular complexity index is 576. The molecular weight excluding hydrogens is 266 g/mol. The molecule has 0 amide bonds. The summed E-state index contributed by atoms with van der Waals surface area (Å²) in [4.78, 5) is 13.2. The molecule has 2 aromatic rings. The lowest BCUT2D eigenvalue weighted by atomic mass is 9.89. The maximum Gasteiger partial charge on any atom is 0.165 e. The molecule has 6 heteroatoms. The van der Waals surface area contributed by atoms with Crippen LogP contribution in [0.2, 0.25) is 0 Å². The third kappa shape index (κ3) is 3.32. The van der Waals surface area contributed by atoms with Crippen LogP contribution in [0.5, 0.6) is 0 Å². The fraction of sp³-hybridized carbons (Fsp3) is 0.667. The van der Waals surface area contributed by atoms with E-state index in [4.69, 9.17) is 4.74 Å². The zero-order valence-corrected chi connectivity index (χ0v) is 12.6. The second-order valence-electron chi connectivity index (χ2n) is 5.71. The second-order valence-corrected chi connectivity index (χ2v) is 5.71. The second kappa shape index (κ2) is 6.85. The minimum Gasteiger partial charge on any atom is -0.383 e. The van der Waals surface area contributed by atoms with Crippen LogP contribution in [0.3, 0.4) is 0 Å². The lowest BCUT2D eigenvalue weighted by Crippen LogP contribution is -2.18. The Morgan fingerprint density at radius 1 is 1.24 bits per heavy atom. The number of aromatic nitrogens is 4. The van der Waals surface area contributed by atoms with Gasteiger partial charge >= 0.3 is 0 Å². The largest absolute Gasteiger partial charge is 0.383 e. The Morgan fingerprint density at radius 2 is 2.10 bits per heavy atom. The van der Waals surface area contributed by atoms with Gasteiger partial charge in [0.2, 0.25) is 0 Å².